The molecule has 3 nitrogen and oxygen atoms in total. The average molecular weight is 170 g/mol. The molecule has 1 heterocycles. The van der Waals surface area contributed by atoms with E-state index in [-0.39, 0.29) is 24.1 Å². The average Bonchev–Trinajstić information content (AvgIpc) is 2.29. The smallest absolute Gasteiger partial charge is 0.109 e. The van der Waals surface area contributed by atoms with Gasteiger partial charge in [-0.1, -0.05) is 6.92 Å². The summed E-state index contributed by atoms with van der Waals surface area (Å²) in [6.07, 6.45) is 0.0324. The predicted octanol–water partition coefficient (Wildman–Crippen LogP) is 0.177. The van der Waals surface area contributed by atoms with E-state index in [2.05, 4.69) is 0 Å². The molecule has 0 aromatic rings. The molecule has 0 saturated carbocycles. The first kappa shape index (κ1) is 10.0. The Morgan fingerprint density at radius 3 is 2.58 bits per heavy atom. The molecule has 4 atom stereocenters. The van der Waals surface area contributed by atoms with Crippen LogP contribution in [0.25, 0.3) is 0 Å². The van der Waals surface area contributed by atoms with Gasteiger partial charge in [-0.3, -0.25) is 0 Å². The molecular weight excluding hydrogens is 155 g/mol. The Morgan fingerprint density at radius 2 is 2.08 bits per heavy atom. The quantitative estimate of drug-likeness (QED) is 0.565. The number of hydrogen-bond acceptors (Lipinski definition) is 3. The van der Waals surface area contributed by atoms with Gasteiger partial charge in [0.2, 0.25) is 0 Å². The van der Waals surface area contributed by atoms with Crippen molar-refractivity contribution in [3.05, 3.63) is 0 Å². The van der Waals surface area contributed by atoms with Crippen LogP contribution in [0.1, 0.15) is 6.92 Å². The second kappa shape index (κ2) is 4.26. The van der Waals surface area contributed by atoms with Crippen molar-refractivity contribution in [2.24, 2.45) is 5.92 Å². The van der Waals surface area contributed by atoms with E-state index in [1.54, 1.807) is 14.2 Å². The van der Waals surface area contributed by atoms with Crippen LogP contribution in [0.5, 0.6) is 0 Å². The minimum Gasteiger partial charge on any atom is -0.382 e. The van der Waals surface area contributed by atoms with Gasteiger partial charge in [0.1, 0.15) is 14.0 Å². The lowest BCUT2D eigenvalue weighted by molar-refractivity contribution is -0.0335. The molecule has 68 valence electrons. The summed E-state index contributed by atoms with van der Waals surface area (Å²) >= 11 is 0. The highest BCUT2D eigenvalue weighted by molar-refractivity contribution is 6.11. The van der Waals surface area contributed by atoms with Gasteiger partial charge < -0.3 is 14.2 Å². The van der Waals surface area contributed by atoms with Gasteiger partial charge in [0.05, 0.1) is 12.7 Å². The Kier molecular flexibility index (Phi) is 3.56. The van der Waals surface area contributed by atoms with Crippen molar-refractivity contribution in [1.29, 1.82) is 0 Å². The maximum atomic E-state index is 5.71. The van der Waals surface area contributed by atoms with E-state index in [1.807, 2.05) is 6.92 Å². The highest BCUT2D eigenvalue weighted by atomic mass is 16.6. The Morgan fingerprint density at radius 1 is 1.42 bits per heavy atom. The van der Waals surface area contributed by atoms with Crippen molar-refractivity contribution in [1.82, 2.24) is 0 Å². The van der Waals surface area contributed by atoms with E-state index in [4.69, 9.17) is 22.1 Å². The van der Waals surface area contributed by atoms with Gasteiger partial charge in [-0.15, -0.1) is 0 Å². The number of methoxy groups -OCH3 is 2. The molecule has 4 heteroatoms. The topological polar surface area (TPSA) is 27.7 Å². The van der Waals surface area contributed by atoms with E-state index in [0.29, 0.717) is 6.61 Å². The van der Waals surface area contributed by atoms with Crippen molar-refractivity contribution in [2.45, 2.75) is 25.1 Å². The van der Waals surface area contributed by atoms with E-state index >= 15 is 0 Å². The summed E-state index contributed by atoms with van der Waals surface area (Å²) in [4.78, 5) is 0. The summed E-state index contributed by atoms with van der Waals surface area (Å²) in [7, 11) is 9.02. The van der Waals surface area contributed by atoms with Gasteiger partial charge in [-0.2, -0.15) is 0 Å². The minimum atomic E-state index is -0.227. The molecule has 1 rings (SSSR count). The first-order chi connectivity index (χ1) is 5.70. The molecule has 1 fully saturated rings. The fourth-order valence-electron chi connectivity index (χ4n) is 1.59. The molecule has 2 radical (unpaired) electrons. The zero-order chi connectivity index (χ0) is 9.14. The molecule has 12 heavy (non-hydrogen) atoms. The first-order valence-corrected chi connectivity index (χ1v) is 4.13. The fourth-order valence-corrected chi connectivity index (χ4v) is 1.59. The zero-order valence-corrected chi connectivity index (χ0v) is 7.82. The van der Waals surface area contributed by atoms with Gasteiger partial charge in [0.25, 0.3) is 0 Å². The van der Waals surface area contributed by atoms with Gasteiger partial charge in [0, 0.05) is 26.1 Å². The highest BCUT2D eigenvalue weighted by Gasteiger charge is 2.39. The third-order valence-corrected chi connectivity index (χ3v) is 2.34. The molecule has 0 unspecified atom stereocenters. The van der Waals surface area contributed by atoms with Crippen molar-refractivity contribution < 1.29 is 14.2 Å². The van der Waals surface area contributed by atoms with Crippen LogP contribution in [0.2, 0.25) is 0 Å². The van der Waals surface area contributed by atoms with Crippen molar-refractivity contribution in [3.8, 4) is 0 Å². The second-order valence-corrected chi connectivity index (χ2v) is 3.15. The molecule has 0 bridgehead atoms. The molecule has 0 aromatic heterocycles. The van der Waals surface area contributed by atoms with E-state index in [1.165, 1.54) is 0 Å². The number of hydrogen-bond donors (Lipinski definition) is 0. The van der Waals surface area contributed by atoms with Crippen LogP contribution in [0.3, 0.4) is 0 Å². The molecule has 0 N–H and O–H groups in total. The van der Waals surface area contributed by atoms with Gasteiger partial charge >= 0.3 is 0 Å². The highest BCUT2D eigenvalue weighted by Crippen LogP contribution is 2.27. The molecule has 0 spiro atoms. The molecule has 1 aliphatic heterocycles. The SMILES string of the molecule is [B][C@@H]1O[C@H](COC)[C@@H](OC)[C@H]1C. The molecule has 0 aliphatic carbocycles. The van der Waals surface area contributed by atoms with Crippen LogP contribution in [-0.4, -0.2) is 46.9 Å². The summed E-state index contributed by atoms with van der Waals surface area (Å²) in [6, 6.07) is -0.227. The first-order valence-electron chi connectivity index (χ1n) is 4.13. The van der Waals surface area contributed by atoms with Crippen LogP contribution in [-0.2, 0) is 14.2 Å². The normalized spacial score (nSPS) is 41.9. The lowest BCUT2D eigenvalue weighted by atomic mass is 9.86. The molecule has 0 amide bonds. The van der Waals surface area contributed by atoms with E-state index in [0.717, 1.165) is 0 Å². The molecule has 1 saturated heterocycles. The Balaban J connectivity index is 2.52. The van der Waals surface area contributed by atoms with Crippen LogP contribution in [0.4, 0.5) is 0 Å². The molecular formula is C8H15BO3. The van der Waals surface area contributed by atoms with Crippen molar-refractivity contribution in [3.63, 3.8) is 0 Å². The third-order valence-electron chi connectivity index (χ3n) is 2.34. The standard InChI is InChI=1S/C8H15BO3/c1-5-7(11-3)6(4-10-2)12-8(5)9/h5-8H,4H2,1-3H3/t5-,6-,7+,8-/m1/s1. The maximum absolute atomic E-state index is 5.71. The Labute approximate surface area is 74.8 Å². The maximum Gasteiger partial charge on any atom is 0.109 e. The zero-order valence-electron chi connectivity index (χ0n) is 7.82. The van der Waals surface area contributed by atoms with Crippen LogP contribution < -0.4 is 0 Å². The van der Waals surface area contributed by atoms with Gasteiger partial charge in [-0.05, 0) is 0 Å². The number of rotatable bonds is 3. The number of ether oxygens (including phenoxy) is 3. The summed E-state index contributed by atoms with van der Waals surface area (Å²) < 4.78 is 15.7. The predicted molar refractivity (Wildman–Crippen MR) is 46.3 cm³/mol. The summed E-state index contributed by atoms with van der Waals surface area (Å²) in [5, 5.41) is 0. The summed E-state index contributed by atoms with van der Waals surface area (Å²) in [5.41, 5.74) is 0. The largest absolute Gasteiger partial charge is 0.382 e. The summed E-state index contributed by atoms with van der Waals surface area (Å²) in [5.74, 6) is 0.232. The Hall–Kier alpha value is -0.0551. The monoisotopic (exact) mass is 170 g/mol. The lowest BCUT2D eigenvalue weighted by Crippen LogP contribution is -2.31. The van der Waals surface area contributed by atoms with Gasteiger partial charge in [0.15, 0.2) is 0 Å². The van der Waals surface area contributed by atoms with Crippen LogP contribution in [0, 0.1) is 5.92 Å². The van der Waals surface area contributed by atoms with Crippen molar-refractivity contribution >= 4 is 7.85 Å². The van der Waals surface area contributed by atoms with Gasteiger partial charge in [-0.25, -0.2) is 0 Å². The van der Waals surface area contributed by atoms with E-state index in [9.17, 15) is 0 Å². The van der Waals surface area contributed by atoms with Crippen molar-refractivity contribution in [2.75, 3.05) is 20.8 Å². The van der Waals surface area contributed by atoms with E-state index < -0.39 is 0 Å². The minimum absolute atomic E-state index is 0.0231. The second-order valence-electron chi connectivity index (χ2n) is 3.15. The molecule has 0 aromatic carbocycles. The molecule has 1 aliphatic rings. The fraction of sp³-hybridized carbons (Fsp3) is 1.00. The Bertz CT molecular complexity index is 142. The summed E-state index contributed by atoms with van der Waals surface area (Å²) in [6.45, 7) is 2.56. The van der Waals surface area contributed by atoms with Crippen LogP contribution >= 0.6 is 0 Å². The van der Waals surface area contributed by atoms with Crippen LogP contribution in [0.15, 0.2) is 0 Å². The lowest BCUT2D eigenvalue weighted by Gasteiger charge is -2.18. The third kappa shape index (κ3) is 1.81.